The topological polar surface area (TPSA) is 52.2 Å². The lowest BCUT2D eigenvalue weighted by atomic mass is 9.99. The van der Waals surface area contributed by atoms with Crippen molar-refractivity contribution < 1.29 is 0 Å². The van der Waals surface area contributed by atoms with Gasteiger partial charge in [0.05, 0.1) is 5.69 Å². The Morgan fingerprint density at radius 1 is 1.11 bits per heavy atom. The van der Waals surface area contributed by atoms with Crippen LogP contribution in [0.15, 0.2) is 29.1 Å². The van der Waals surface area contributed by atoms with E-state index in [0.717, 1.165) is 68.7 Å². The van der Waals surface area contributed by atoms with E-state index in [2.05, 4.69) is 52.9 Å². The predicted molar refractivity (Wildman–Crippen MR) is 109 cm³/mol. The van der Waals surface area contributed by atoms with Crippen LogP contribution in [-0.4, -0.2) is 34.5 Å². The molecule has 1 fully saturated rings. The number of nitrogens with zero attached hydrogens (tertiary/aromatic N) is 3. The number of fused-ring (bicyclic) bond motifs is 1. The summed E-state index contributed by atoms with van der Waals surface area (Å²) in [5.74, 6) is 1.53. The summed E-state index contributed by atoms with van der Waals surface area (Å²) in [5.41, 5.74) is 4.59. The molecule has 0 spiro atoms. The molecule has 0 radical (unpaired) electrons. The van der Waals surface area contributed by atoms with Crippen LogP contribution in [0.25, 0.3) is 0 Å². The zero-order valence-corrected chi connectivity index (χ0v) is 16.5. The summed E-state index contributed by atoms with van der Waals surface area (Å²) < 4.78 is 0. The predicted octanol–water partition coefficient (Wildman–Crippen LogP) is 3.13. The molecule has 5 heteroatoms. The van der Waals surface area contributed by atoms with Gasteiger partial charge in [0.1, 0.15) is 0 Å². The van der Waals surface area contributed by atoms with Crippen molar-refractivity contribution in [2.24, 2.45) is 5.92 Å². The Morgan fingerprint density at radius 3 is 2.52 bits per heavy atom. The van der Waals surface area contributed by atoms with Crippen LogP contribution in [0.2, 0.25) is 0 Å². The van der Waals surface area contributed by atoms with Crippen molar-refractivity contribution >= 4 is 5.95 Å². The van der Waals surface area contributed by atoms with Crippen molar-refractivity contribution in [3.05, 3.63) is 57.0 Å². The molecule has 0 bridgehead atoms. The molecule has 3 heterocycles. The maximum Gasteiger partial charge on any atom is 0.255 e. The molecule has 144 valence electrons. The second-order valence-corrected chi connectivity index (χ2v) is 8.12. The number of aromatic amines is 1. The van der Waals surface area contributed by atoms with E-state index in [1.54, 1.807) is 0 Å². The van der Waals surface area contributed by atoms with Crippen LogP contribution in [0, 0.1) is 5.92 Å². The molecule has 1 aromatic heterocycles. The van der Waals surface area contributed by atoms with Crippen LogP contribution < -0.4 is 10.5 Å². The Morgan fingerprint density at radius 2 is 1.81 bits per heavy atom. The van der Waals surface area contributed by atoms with Crippen LogP contribution in [0.4, 0.5) is 5.95 Å². The Kier molecular flexibility index (Phi) is 5.30. The minimum absolute atomic E-state index is 0.0561. The minimum Gasteiger partial charge on any atom is -0.342 e. The first-order valence-electron chi connectivity index (χ1n) is 10.3. The van der Waals surface area contributed by atoms with E-state index in [9.17, 15) is 4.79 Å². The Labute approximate surface area is 161 Å². The molecule has 5 nitrogen and oxygen atoms in total. The highest BCUT2D eigenvalue weighted by Gasteiger charge is 2.24. The van der Waals surface area contributed by atoms with E-state index in [1.165, 1.54) is 24.0 Å². The van der Waals surface area contributed by atoms with Gasteiger partial charge in [-0.05, 0) is 42.7 Å². The van der Waals surface area contributed by atoms with Gasteiger partial charge in [0.25, 0.3) is 5.56 Å². The lowest BCUT2D eigenvalue weighted by Gasteiger charge is -2.32. The molecule has 4 rings (SSSR count). The highest BCUT2D eigenvalue weighted by atomic mass is 16.1. The van der Waals surface area contributed by atoms with Gasteiger partial charge in [0, 0.05) is 38.3 Å². The number of benzene rings is 1. The van der Waals surface area contributed by atoms with E-state index in [1.807, 2.05) is 0 Å². The number of piperidine rings is 1. The van der Waals surface area contributed by atoms with Crippen LogP contribution in [0.3, 0.4) is 0 Å². The van der Waals surface area contributed by atoms with Crippen LogP contribution in [0.5, 0.6) is 0 Å². The average molecular weight is 367 g/mol. The molecule has 0 amide bonds. The molecule has 1 saturated heterocycles. The molecule has 2 aromatic rings. The van der Waals surface area contributed by atoms with Gasteiger partial charge in [-0.3, -0.25) is 14.7 Å². The summed E-state index contributed by atoms with van der Waals surface area (Å²) in [5, 5.41) is 0. The largest absolute Gasteiger partial charge is 0.342 e. The zero-order chi connectivity index (χ0) is 18.8. The van der Waals surface area contributed by atoms with E-state index in [4.69, 9.17) is 4.98 Å². The van der Waals surface area contributed by atoms with Gasteiger partial charge in [-0.2, -0.15) is 0 Å². The Hall–Kier alpha value is -2.14. The average Bonchev–Trinajstić information content (AvgIpc) is 2.69. The fourth-order valence-electron chi connectivity index (χ4n) is 4.12. The third-order valence-electron chi connectivity index (χ3n) is 6.06. The lowest BCUT2D eigenvalue weighted by molar-refractivity contribution is 0.240. The number of hydrogen-bond donors (Lipinski definition) is 1. The number of H-pyrrole nitrogens is 1. The highest BCUT2D eigenvalue weighted by Crippen LogP contribution is 2.22. The number of hydrogen-bond acceptors (Lipinski definition) is 4. The summed E-state index contributed by atoms with van der Waals surface area (Å²) in [6, 6.07) is 8.87. The van der Waals surface area contributed by atoms with Crippen molar-refractivity contribution in [2.75, 3.05) is 24.5 Å². The molecular formula is C22H30N4O. The van der Waals surface area contributed by atoms with E-state index in [-0.39, 0.29) is 5.56 Å². The number of anilines is 1. The third-order valence-corrected chi connectivity index (χ3v) is 6.06. The van der Waals surface area contributed by atoms with Gasteiger partial charge < -0.3 is 4.90 Å². The first-order valence-corrected chi connectivity index (χ1v) is 10.3. The van der Waals surface area contributed by atoms with Crippen LogP contribution in [0.1, 0.15) is 49.1 Å². The summed E-state index contributed by atoms with van der Waals surface area (Å²) in [4.78, 5) is 25.1. The molecule has 2 aliphatic rings. The van der Waals surface area contributed by atoms with Crippen molar-refractivity contribution in [1.29, 1.82) is 0 Å². The van der Waals surface area contributed by atoms with Crippen molar-refractivity contribution in [2.45, 2.75) is 52.6 Å². The van der Waals surface area contributed by atoms with Gasteiger partial charge in [-0.1, -0.05) is 38.1 Å². The Balaban J connectivity index is 1.49. The normalized spacial score (nSPS) is 18.5. The molecule has 0 unspecified atom stereocenters. The summed E-state index contributed by atoms with van der Waals surface area (Å²) in [6.45, 7) is 9.02. The van der Waals surface area contributed by atoms with Gasteiger partial charge in [0.15, 0.2) is 0 Å². The Bertz CT molecular complexity index is 834. The molecule has 27 heavy (non-hydrogen) atoms. The smallest absolute Gasteiger partial charge is 0.255 e. The second kappa shape index (κ2) is 7.85. The molecule has 0 aliphatic carbocycles. The van der Waals surface area contributed by atoms with Crippen LogP contribution in [-0.2, 0) is 25.9 Å². The van der Waals surface area contributed by atoms with E-state index < -0.39 is 0 Å². The summed E-state index contributed by atoms with van der Waals surface area (Å²) in [7, 11) is 0. The standard InChI is InChI=1S/C22H30N4O/c1-3-17-4-6-18(7-5-17)14-25-11-10-19-20(15-25)23-22(24-21(19)27)26-12-8-16(2)9-13-26/h4-7,16H,3,8-15H2,1-2H3,(H,23,24,27). The fraction of sp³-hybridized carbons (Fsp3) is 0.545. The van der Waals surface area contributed by atoms with Gasteiger partial charge in [-0.15, -0.1) is 0 Å². The van der Waals surface area contributed by atoms with Gasteiger partial charge >= 0.3 is 0 Å². The van der Waals surface area contributed by atoms with E-state index >= 15 is 0 Å². The molecular weight excluding hydrogens is 336 g/mol. The number of rotatable bonds is 4. The number of aromatic nitrogens is 2. The summed E-state index contributed by atoms with van der Waals surface area (Å²) >= 11 is 0. The van der Waals surface area contributed by atoms with Crippen molar-refractivity contribution in [3.8, 4) is 0 Å². The van der Waals surface area contributed by atoms with Gasteiger partial charge in [0.2, 0.25) is 5.95 Å². The molecule has 2 aliphatic heterocycles. The fourth-order valence-corrected chi connectivity index (χ4v) is 4.12. The van der Waals surface area contributed by atoms with Crippen LogP contribution >= 0.6 is 0 Å². The number of aryl methyl sites for hydroxylation is 1. The first-order chi connectivity index (χ1) is 13.1. The lowest BCUT2D eigenvalue weighted by Crippen LogP contribution is -2.39. The quantitative estimate of drug-likeness (QED) is 0.903. The summed E-state index contributed by atoms with van der Waals surface area (Å²) in [6.07, 6.45) is 4.19. The number of nitrogens with one attached hydrogen (secondary N) is 1. The maximum atomic E-state index is 12.6. The van der Waals surface area contributed by atoms with Crippen molar-refractivity contribution in [1.82, 2.24) is 14.9 Å². The molecule has 1 aromatic carbocycles. The SMILES string of the molecule is CCc1ccc(CN2CCc3c(nc(N4CCC(C)CC4)[nH]c3=O)C2)cc1. The third kappa shape index (κ3) is 4.08. The second-order valence-electron chi connectivity index (χ2n) is 8.12. The molecule has 0 saturated carbocycles. The molecule has 0 atom stereocenters. The molecule has 1 N–H and O–H groups in total. The maximum absolute atomic E-state index is 12.6. The minimum atomic E-state index is 0.0561. The first kappa shape index (κ1) is 18.2. The zero-order valence-electron chi connectivity index (χ0n) is 16.5. The van der Waals surface area contributed by atoms with Crippen molar-refractivity contribution in [3.63, 3.8) is 0 Å². The highest BCUT2D eigenvalue weighted by molar-refractivity contribution is 5.35. The van der Waals surface area contributed by atoms with E-state index in [0.29, 0.717) is 0 Å². The monoisotopic (exact) mass is 366 g/mol. The van der Waals surface area contributed by atoms with Gasteiger partial charge in [-0.25, -0.2) is 4.98 Å².